The second-order valence-corrected chi connectivity index (χ2v) is 10.4. The third-order valence-electron chi connectivity index (χ3n) is 7.65. The molecule has 3 atom stereocenters. The lowest BCUT2D eigenvalue weighted by molar-refractivity contribution is -0.144. The Kier molecular flexibility index (Phi) is 6.88. The summed E-state index contributed by atoms with van der Waals surface area (Å²) in [6, 6.07) is 15.5. The molecule has 1 aliphatic carbocycles. The van der Waals surface area contributed by atoms with Crippen LogP contribution in [-0.4, -0.2) is 53.7 Å². The van der Waals surface area contributed by atoms with Gasteiger partial charge in [-0.05, 0) is 33.6 Å². The molecule has 1 fully saturated rings. The number of nitrogens with one attached hydrogen (secondary N) is 1. The topological polar surface area (TPSA) is 95.9 Å². The lowest BCUT2D eigenvalue weighted by Gasteiger charge is -2.28. The standard InChI is InChI=1S/C28H34N2O5/c1-5-17(2)24(25(31)30-14-23(26(32)33)28(3,4)16-30)29-27(34)35-15-22-20-12-8-6-10-18(20)19-11-7-9-13-21(19)22/h6-13,17,22-24H,5,14-16H2,1-4H3,(H,29,34)(H,32,33). The van der Waals surface area contributed by atoms with Crippen LogP contribution in [0.4, 0.5) is 4.79 Å². The number of carbonyl (C=O) groups excluding carboxylic acids is 2. The molecule has 0 aromatic heterocycles. The lowest BCUT2D eigenvalue weighted by atomic mass is 9.82. The van der Waals surface area contributed by atoms with Gasteiger partial charge in [-0.1, -0.05) is 82.6 Å². The quantitative estimate of drug-likeness (QED) is 0.611. The molecule has 0 bridgehead atoms. The van der Waals surface area contributed by atoms with Crippen LogP contribution in [-0.2, 0) is 14.3 Å². The van der Waals surface area contributed by atoms with E-state index < -0.39 is 29.4 Å². The zero-order valence-corrected chi connectivity index (χ0v) is 20.8. The summed E-state index contributed by atoms with van der Waals surface area (Å²) in [6.45, 7) is 8.22. The summed E-state index contributed by atoms with van der Waals surface area (Å²) in [5, 5.41) is 12.4. The van der Waals surface area contributed by atoms with E-state index in [1.54, 1.807) is 4.90 Å². The minimum Gasteiger partial charge on any atom is -0.481 e. The van der Waals surface area contributed by atoms with Crippen LogP contribution >= 0.6 is 0 Å². The van der Waals surface area contributed by atoms with Crippen molar-refractivity contribution in [1.29, 1.82) is 0 Å². The van der Waals surface area contributed by atoms with Gasteiger partial charge in [0.15, 0.2) is 0 Å². The Balaban J connectivity index is 1.45. The molecular formula is C28H34N2O5. The van der Waals surface area contributed by atoms with E-state index in [-0.39, 0.29) is 30.9 Å². The molecule has 1 aliphatic heterocycles. The summed E-state index contributed by atoms with van der Waals surface area (Å²) in [6.07, 6.45) is 0.0402. The Morgan fingerprint density at radius 3 is 2.17 bits per heavy atom. The first kappa shape index (κ1) is 24.8. The number of hydrogen-bond donors (Lipinski definition) is 2. The average molecular weight is 479 g/mol. The molecule has 0 spiro atoms. The Hall–Kier alpha value is -3.35. The number of ether oxygens (including phenoxy) is 1. The van der Waals surface area contributed by atoms with Gasteiger partial charge in [0.25, 0.3) is 0 Å². The molecule has 0 saturated carbocycles. The van der Waals surface area contributed by atoms with Crippen molar-refractivity contribution in [2.75, 3.05) is 19.7 Å². The fourth-order valence-electron chi connectivity index (χ4n) is 5.36. The van der Waals surface area contributed by atoms with Crippen LogP contribution in [0.15, 0.2) is 48.5 Å². The molecule has 2 amide bonds. The Bertz CT molecular complexity index is 1080. The van der Waals surface area contributed by atoms with Gasteiger partial charge in [-0.15, -0.1) is 0 Å². The molecule has 7 nitrogen and oxygen atoms in total. The molecule has 35 heavy (non-hydrogen) atoms. The van der Waals surface area contributed by atoms with Crippen molar-refractivity contribution >= 4 is 18.0 Å². The summed E-state index contributed by atoms with van der Waals surface area (Å²) in [5.41, 5.74) is 4.00. The smallest absolute Gasteiger partial charge is 0.407 e. The number of benzene rings is 2. The minimum absolute atomic E-state index is 0.0680. The predicted molar refractivity (Wildman–Crippen MR) is 133 cm³/mol. The maximum atomic E-state index is 13.4. The van der Waals surface area contributed by atoms with Gasteiger partial charge >= 0.3 is 12.1 Å². The van der Waals surface area contributed by atoms with E-state index in [0.717, 1.165) is 22.3 Å². The van der Waals surface area contributed by atoms with Gasteiger partial charge in [-0.2, -0.15) is 0 Å². The largest absolute Gasteiger partial charge is 0.481 e. The lowest BCUT2D eigenvalue weighted by Crippen LogP contribution is -2.51. The molecule has 4 rings (SSSR count). The van der Waals surface area contributed by atoms with E-state index in [1.165, 1.54) is 0 Å². The highest BCUT2D eigenvalue weighted by molar-refractivity contribution is 5.87. The molecule has 186 valence electrons. The Labute approximate surface area is 206 Å². The van der Waals surface area contributed by atoms with Crippen molar-refractivity contribution in [3.05, 3.63) is 59.7 Å². The van der Waals surface area contributed by atoms with Crippen molar-refractivity contribution < 1.29 is 24.2 Å². The molecule has 1 saturated heterocycles. The van der Waals surface area contributed by atoms with E-state index in [2.05, 4.69) is 29.6 Å². The number of hydrogen-bond acceptors (Lipinski definition) is 4. The van der Waals surface area contributed by atoms with Crippen LogP contribution in [0.3, 0.4) is 0 Å². The van der Waals surface area contributed by atoms with Crippen LogP contribution in [0.5, 0.6) is 0 Å². The van der Waals surface area contributed by atoms with Crippen molar-refractivity contribution in [3.8, 4) is 11.1 Å². The van der Waals surface area contributed by atoms with E-state index in [9.17, 15) is 19.5 Å². The van der Waals surface area contributed by atoms with Crippen molar-refractivity contribution in [2.24, 2.45) is 17.3 Å². The van der Waals surface area contributed by atoms with E-state index in [4.69, 9.17) is 4.74 Å². The first-order valence-corrected chi connectivity index (χ1v) is 12.3. The van der Waals surface area contributed by atoms with Crippen molar-refractivity contribution in [3.63, 3.8) is 0 Å². The van der Waals surface area contributed by atoms with Crippen LogP contribution in [0, 0.1) is 17.3 Å². The van der Waals surface area contributed by atoms with Gasteiger partial charge in [0.1, 0.15) is 12.6 Å². The number of rotatable bonds is 7. The molecule has 7 heteroatoms. The first-order valence-electron chi connectivity index (χ1n) is 12.3. The molecule has 2 aromatic carbocycles. The fourth-order valence-corrected chi connectivity index (χ4v) is 5.36. The van der Waals surface area contributed by atoms with Crippen LogP contribution in [0.25, 0.3) is 11.1 Å². The Morgan fingerprint density at radius 2 is 1.66 bits per heavy atom. The minimum atomic E-state index is -0.908. The summed E-state index contributed by atoms with van der Waals surface area (Å²) >= 11 is 0. The number of carboxylic acids is 1. The molecule has 2 aromatic rings. The second-order valence-electron chi connectivity index (χ2n) is 10.4. The van der Waals surface area contributed by atoms with Gasteiger partial charge in [0.2, 0.25) is 5.91 Å². The van der Waals surface area contributed by atoms with Gasteiger partial charge in [-0.25, -0.2) is 4.79 Å². The third-order valence-corrected chi connectivity index (χ3v) is 7.65. The number of carboxylic acid groups (broad SMARTS) is 1. The van der Waals surface area contributed by atoms with Gasteiger partial charge in [0.05, 0.1) is 5.92 Å². The molecular weight excluding hydrogens is 444 g/mol. The summed E-state index contributed by atoms with van der Waals surface area (Å²) in [7, 11) is 0. The highest BCUT2D eigenvalue weighted by Gasteiger charge is 2.47. The highest BCUT2D eigenvalue weighted by atomic mass is 16.5. The number of fused-ring (bicyclic) bond motifs is 3. The van der Waals surface area contributed by atoms with E-state index in [1.807, 2.05) is 52.0 Å². The molecule has 3 unspecified atom stereocenters. The fraction of sp³-hybridized carbons (Fsp3) is 0.464. The molecule has 2 N–H and O–H groups in total. The number of nitrogens with zero attached hydrogens (tertiary/aromatic N) is 1. The zero-order chi connectivity index (χ0) is 25.3. The number of carbonyl (C=O) groups is 3. The maximum absolute atomic E-state index is 13.4. The molecule has 1 heterocycles. The van der Waals surface area contributed by atoms with Crippen LogP contribution in [0.1, 0.15) is 51.2 Å². The van der Waals surface area contributed by atoms with Crippen molar-refractivity contribution in [2.45, 2.75) is 46.1 Å². The van der Waals surface area contributed by atoms with Gasteiger partial charge < -0.3 is 20.1 Å². The highest BCUT2D eigenvalue weighted by Crippen LogP contribution is 2.44. The average Bonchev–Trinajstić information content (AvgIpc) is 3.34. The predicted octanol–water partition coefficient (Wildman–Crippen LogP) is 4.51. The monoisotopic (exact) mass is 478 g/mol. The molecule has 2 aliphatic rings. The zero-order valence-electron chi connectivity index (χ0n) is 20.8. The van der Waals surface area contributed by atoms with Crippen LogP contribution < -0.4 is 5.32 Å². The van der Waals surface area contributed by atoms with E-state index >= 15 is 0 Å². The second kappa shape index (κ2) is 9.72. The molecule has 0 radical (unpaired) electrons. The normalized spacial score (nSPS) is 20.0. The number of amides is 2. The first-order chi connectivity index (χ1) is 16.6. The summed E-state index contributed by atoms with van der Waals surface area (Å²) in [4.78, 5) is 39.5. The third kappa shape index (κ3) is 4.77. The van der Waals surface area contributed by atoms with E-state index in [0.29, 0.717) is 13.0 Å². The van der Waals surface area contributed by atoms with Crippen molar-refractivity contribution in [1.82, 2.24) is 10.2 Å². The summed E-state index contributed by atoms with van der Waals surface area (Å²) < 4.78 is 5.66. The van der Waals surface area contributed by atoms with Crippen LogP contribution in [0.2, 0.25) is 0 Å². The van der Waals surface area contributed by atoms with Gasteiger partial charge in [0, 0.05) is 19.0 Å². The summed E-state index contributed by atoms with van der Waals surface area (Å²) in [5.74, 6) is -2.00. The number of likely N-dealkylation sites (tertiary alicyclic amines) is 1. The SMILES string of the molecule is CCC(C)C(NC(=O)OCC1c2ccccc2-c2ccccc21)C(=O)N1CC(C(=O)O)C(C)(C)C1. The number of alkyl carbamates (subject to hydrolysis) is 1. The van der Waals surface area contributed by atoms with Gasteiger partial charge in [-0.3, -0.25) is 9.59 Å². The maximum Gasteiger partial charge on any atom is 0.407 e. The Morgan fingerprint density at radius 1 is 1.09 bits per heavy atom. The number of aliphatic carboxylic acids is 1.